The van der Waals surface area contributed by atoms with Crippen molar-refractivity contribution in [3.05, 3.63) is 48.0 Å². The first-order valence-electron chi connectivity index (χ1n) is 9.84. The molecule has 1 saturated heterocycles. The van der Waals surface area contributed by atoms with E-state index < -0.39 is 0 Å². The molecule has 0 bridgehead atoms. The number of piperazine rings is 1. The molecule has 28 heavy (non-hydrogen) atoms. The van der Waals surface area contributed by atoms with E-state index in [9.17, 15) is 4.79 Å². The van der Waals surface area contributed by atoms with Crippen molar-refractivity contribution in [2.24, 2.45) is 0 Å². The van der Waals surface area contributed by atoms with Crippen LogP contribution in [0.15, 0.2) is 42.5 Å². The smallest absolute Gasteiger partial charge is 0.225 e. The number of hydrogen-bond acceptors (Lipinski definition) is 4. The van der Waals surface area contributed by atoms with Crippen molar-refractivity contribution in [2.75, 3.05) is 45.1 Å². The molecule has 0 spiro atoms. The molecule has 3 aromatic rings. The number of carbonyl (C=O) groups is 1. The van der Waals surface area contributed by atoms with Gasteiger partial charge in [0.25, 0.3) is 0 Å². The van der Waals surface area contributed by atoms with Crippen molar-refractivity contribution >= 4 is 22.6 Å². The lowest BCUT2D eigenvalue weighted by molar-refractivity contribution is -0.116. The van der Waals surface area contributed by atoms with Crippen LogP contribution < -0.4 is 5.32 Å². The molecule has 2 N–H and O–H groups in total. The standard InChI is InChI=1S/C22H27N5O/c1-16-3-5-17(6-4-16)22-24-19-8-7-18(15-20(19)25-22)23-21(28)9-10-27-13-11-26(2)12-14-27/h3-8,15H,9-14H2,1-2H3,(H,23,28)(H,24,25). The number of nitrogens with zero attached hydrogens (tertiary/aromatic N) is 3. The number of anilines is 1. The Morgan fingerprint density at radius 3 is 2.61 bits per heavy atom. The van der Waals surface area contributed by atoms with E-state index in [0.717, 1.165) is 60.8 Å². The maximum Gasteiger partial charge on any atom is 0.225 e. The highest BCUT2D eigenvalue weighted by Gasteiger charge is 2.15. The lowest BCUT2D eigenvalue weighted by atomic mass is 10.1. The zero-order chi connectivity index (χ0) is 19.5. The highest BCUT2D eigenvalue weighted by atomic mass is 16.1. The van der Waals surface area contributed by atoms with Crippen LogP contribution in [0.1, 0.15) is 12.0 Å². The van der Waals surface area contributed by atoms with Gasteiger partial charge in [0.05, 0.1) is 11.0 Å². The van der Waals surface area contributed by atoms with E-state index >= 15 is 0 Å². The predicted octanol–water partition coefficient (Wildman–Crippen LogP) is 3.11. The number of imidazole rings is 1. The molecule has 1 aliphatic heterocycles. The summed E-state index contributed by atoms with van der Waals surface area (Å²) in [5.41, 5.74) is 4.90. The van der Waals surface area contributed by atoms with Crippen molar-refractivity contribution in [2.45, 2.75) is 13.3 Å². The van der Waals surface area contributed by atoms with Crippen LogP contribution in [0, 0.1) is 6.92 Å². The minimum atomic E-state index is 0.0524. The Labute approximate surface area is 165 Å². The van der Waals surface area contributed by atoms with E-state index in [4.69, 9.17) is 0 Å². The van der Waals surface area contributed by atoms with Crippen molar-refractivity contribution in [3.63, 3.8) is 0 Å². The maximum atomic E-state index is 12.3. The molecule has 0 aliphatic carbocycles. The van der Waals surface area contributed by atoms with Gasteiger partial charge in [-0.25, -0.2) is 4.98 Å². The molecule has 0 radical (unpaired) electrons. The van der Waals surface area contributed by atoms with Crippen LogP contribution in [0.5, 0.6) is 0 Å². The summed E-state index contributed by atoms with van der Waals surface area (Å²) < 4.78 is 0. The van der Waals surface area contributed by atoms with Gasteiger partial charge in [0, 0.05) is 50.4 Å². The molecule has 6 heteroatoms. The van der Waals surface area contributed by atoms with Gasteiger partial charge in [-0.05, 0) is 32.2 Å². The third-order valence-electron chi connectivity index (χ3n) is 5.34. The highest BCUT2D eigenvalue weighted by Crippen LogP contribution is 2.23. The Kier molecular flexibility index (Phi) is 5.41. The second-order valence-electron chi connectivity index (χ2n) is 7.63. The van der Waals surface area contributed by atoms with Crippen LogP contribution >= 0.6 is 0 Å². The fraction of sp³-hybridized carbons (Fsp3) is 0.364. The molecule has 0 atom stereocenters. The van der Waals surface area contributed by atoms with Gasteiger partial charge >= 0.3 is 0 Å². The van der Waals surface area contributed by atoms with Crippen molar-refractivity contribution in [1.82, 2.24) is 19.8 Å². The van der Waals surface area contributed by atoms with Crippen LogP contribution in [0.4, 0.5) is 5.69 Å². The number of hydrogen-bond donors (Lipinski definition) is 2. The van der Waals surface area contributed by atoms with Gasteiger partial charge in [0.1, 0.15) is 5.82 Å². The molecule has 1 aliphatic rings. The SMILES string of the molecule is Cc1ccc(-c2nc3ccc(NC(=O)CCN4CCN(C)CC4)cc3[nH]2)cc1. The molecule has 0 unspecified atom stereocenters. The lowest BCUT2D eigenvalue weighted by Crippen LogP contribution is -2.45. The monoisotopic (exact) mass is 377 g/mol. The van der Waals surface area contributed by atoms with E-state index in [-0.39, 0.29) is 5.91 Å². The molecule has 1 aromatic heterocycles. The maximum absolute atomic E-state index is 12.3. The van der Waals surface area contributed by atoms with Crippen molar-refractivity contribution in [3.8, 4) is 11.4 Å². The number of H-pyrrole nitrogens is 1. The Morgan fingerprint density at radius 2 is 1.86 bits per heavy atom. The van der Waals surface area contributed by atoms with E-state index in [0.29, 0.717) is 6.42 Å². The zero-order valence-electron chi connectivity index (χ0n) is 16.5. The molecular formula is C22H27N5O. The molecular weight excluding hydrogens is 350 g/mol. The molecule has 2 heterocycles. The zero-order valence-corrected chi connectivity index (χ0v) is 16.5. The fourth-order valence-corrected chi connectivity index (χ4v) is 3.49. The number of nitrogens with one attached hydrogen (secondary N) is 2. The Bertz CT molecular complexity index is 955. The second kappa shape index (κ2) is 8.12. The number of aryl methyl sites for hydroxylation is 1. The molecule has 146 valence electrons. The predicted molar refractivity (Wildman–Crippen MR) is 113 cm³/mol. The highest BCUT2D eigenvalue weighted by molar-refractivity contribution is 5.93. The van der Waals surface area contributed by atoms with Gasteiger partial charge < -0.3 is 20.1 Å². The van der Waals surface area contributed by atoms with E-state index in [1.54, 1.807) is 0 Å². The van der Waals surface area contributed by atoms with Gasteiger partial charge in [0.2, 0.25) is 5.91 Å². The van der Waals surface area contributed by atoms with Crippen molar-refractivity contribution < 1.29 is 4.79 Å². The average Bonchev–Trinajstić information content (AvgIpc) is 3.11. The molecule has 0 saturated carbocycles. The summed E-state index contributed by atoms with van der Waals surface area (Å²) in [6.07, 6.45) is 0.513. The van der Waals surface area contributed by atoms with E-state index in [1.165, 1.54) is 5.56 Å². The Morgan fingerprint density at radius 1 is 1.11 bits per heavy atom. The van der Waals surface area contributed by atoms with Gasteiger partial charge in [-0.2, -0.15) is 0 Å². The number of rotatable bonds is 5. The summed E-state index contributed by atoms with van der Waals surface area (Å²) in [6, 6.07) is 14.1. The minimum Gasteiger partial charge on any atom is -0.338 e. The van der Waals surface area contributed by atoms with Crippen LogP contribution in [0.2, 0.25) is 0 Å². The first kappa shape index (κ1) is 18.7. The van der Waals surface area contributed by atoms with Gasteiger partial charge in [-0.3, -0.25) is 4.79 Å². The second-order valence-corrected chi connectivity index (χ2v) is 7.63. The number of aromatic amines is 1. The molecule has 4 rings (SSSR count). The van der Waals surface area contributed by atoms with Crippen LogP contribution in [-0.2, 0) is 4.79 Å². The summed E-state index contributed by atoms with van der Waals surface area (Å²) in [7, 11) is 2.14. The first-order chi connectivity index (χ1) is 13.6. The quantitative estimate of drug-likeness (QED) is 0.717. The summed E-state index contributed by atoms with van der Waals surface area (Å²) in [5.74, 6) is 0.894. The van der Waals surface area contributed by atoms with Gasteiger partial charge in [-0.15, -0.1) is 0 Å². The van der Waals surface area contributed by atoms with E-state index in [1.807, 2.05) is 18.2 Å². The minimum absolute atomic E-state index is 0.0524. The Hall–Kier alpha value is -2.70. The molecule has 6 nitrogen and oxygen atoms in total. The first-order valence-corrected chi connectivity index (χ1v) is 9.84. The number of carbonyl (C=O) groups excluding carboxylic acids is 1. The summed E-state index contributed by atoms with van der Waals surface area (Å²) in [6.45, 7) is 7.09. The van der Waals surface area contributed by atoms with Crippen LogP contribution in [-0.4, -0.2) is 65.4 Å². The van der Waals surface area contributed by atoms with Crippen LogP contribution in [0.3, 0.4) is 0 Å². The number of benzene rings is 2. The van der Waals surface area contributed by atoms with Crippen molar-refractivity contribution in [1.29, 1.82) is 0 Å². The third kappa shape index (κ3) is 4.40. The lowest BCUT2D eigenvalue weighted by Gasteiger charge is -2.32. The molecule has 1 amide bonds. The largest absolute Gasteiger partial charge is 0.338 e. The topological polar surface area (TPSA) is 64.3 Å². The number of aromatic nitrogens is 2. The summed E-state index contributed by atoms with van der Waals surface area (Å²) >= 11 is 0. The van der Waals surface area contributed by atoms with Gasteiger partial charge in [-0.1, -0.05) is 29.8 Å². The number of likely N-dealkylation sites (N-methyl/N-ethyl adjacent to an activating group) is 1. The van der Waals surface area contributed by atoms with Crippen LogP contribution in [0.25, 0.3) is 22.4 Å². The fourth-order valence-electron chi connectivity index (χ4n) is 3.49. The normalized spacial score (nSPS) is 15.8. The molecule has 2 aromatic carbocycles. The number of fused-ring (bicyclic) bond motifs is 1. The number of amides is 1. The Balaban J connectivity index is 1.38. The average molecular weight is 377 g/mol. The summed E-state index contributed by atoms with van der Waals surface area (Å²) in [5, 5.41) is 3.02. The third-order valence-corrected chi connectivity index (χ3v) is 5.34. The summed E-state index contributed by atoms with van der Waals surface area (Å²) in [4.78, 5) is 25.0. The van der Waals surface area contributed by atoms with Gasteiger partial charge in [0.15, 0.2) is 0 Å². The molecule has 1 fully saturated rings. The van der Waals surface area contributed by atoms with E-state index in [2.05, 4.69) is 63.3 Å².